The number of carboxylic acids is 1. The van der Waals surface area contributed by atoms with Gasteiger partial charge < -0.3 is 10.0 Å². The summed E-state index contributed by atoms with van der Waals surface area (Å²) in [5.74, 6) is -1.33. The number of aliphatic carboxylic acids is 1. The van der Waals surface area contributed by atoms with Gasteiger partial charge in [-0.1, -0.05) is 11.6 Å². The second kappa shape index (κ2) is 5.87. The molecule has 3 nitrogen and oxygen atoms in total. The van der Waals surface area contributed by atoms with E-state index < -0.39 is 11.8 Å². The first-order valence-corrected chi connectivity index (χ1v) is 5.73. The lowest BCUT2D eigenvalue weighted by Gasteiger charge is -2.28. The minimum absolute atomic E-state index is 0.0349. The minimum Gasteiger partial charge on any atom is -0.481 e. The fourth-order valence-corrected chi connectivity index (χ4v) is 1.74. The van der Waals surface area contributed by atoms with Crippen LogP contribution >= 0.6 is 11.6 Å². The van der Waals surface area contributed by atoms with E-state index in [1.54, 1.807) is 6.07 Å². The molecule has 0 aliphatic rings. The molecular weight excluding hydrogens is 245 g/mol. The molecule has 0 aliphatic heterocycles. The van der Waals surface area contributed by atoms with Crippen LogP contribution in [0.1, 0.15) is 20.3 Å². The first-order valence-electron chi connectivity index (χ1n) is 5.35. The van der Waals surface area contributed by atoms with Crippen LogP contribution in [-0.4, -0.2) is 23.7 Å². The molecule has 0 saturated carbocycles. The van der Waals surface area contributed by atoms with E-state index in [2.05, 4.69) is 0 Å². The number of hydrogen-bond donors (Lipinski definition) is 1. The maximum atomic E-state index is 13.0. The molecule has 0 aromatic heterocycles. The number of anilines is 1. The van der Waals surface area contributed by atoms with Gasteiger partial charge in [-0.25, -0.2) is 4.39 Å². The second-order valence-electron chi connectivity index (χ2n) is 4.03. The topological polar surface area (TPSA) is 40.5 Å². The fourth-order valence-electron chi connectivity index (χ4n) is 1.57. The highest BCUT2D eigenvalue weighted by molar-refractivity contribution is 6.31. The highest BCUT2D eigenvalue weighted by Crippen LogP contribution is 2.24. The summed E-state index contributed by atoms with van der Waals surface area (Å²) in [5, 5.41) is 8.72. The van der Waals surface area contributed by atoms with Crippen LogP contribution in [0.2, 0.25) is 5.02 Å². The molecule has 1 rings (SSSR count). The van der Waals surface area contributed by atoms with Gasteiger partial charge in [0.1, 0.15) is 5.82 Å². The molecule has 0 amide bonds. The molecule has 1 aromatic carbocycles. The van der Waals surface area contributed by atoms with Crippen molar-refractivity contribution in [3.05, 3.63) is 29.0 Å². The summed E-state index contributed by atoms with van der Waals surface area (Å²) in [5.41, 5.74) is 0.729. The molecule has 0 radical (unpaired) electrons. The quantitative estimate of drug-likeness (QED) is 0.883. The molecule has 0 fully saturated rings. The Balaban J connectivity index is 2.89. The molecule has 17 heavy (non-hydrogen) atoms. The van der Waals surface area contributed by atoms with Gasteiger partial charge in [0.15, 0.2) is 0 Å². The average Bonchev–Trinajstić information content (AvgIpc) is 2.22. The standard InChI is InChI=1S/C12H15ClFNO2/c1-8(2)15(6-5-12(16)17)9-3-4-11(14)10(13)7-9/h3-4,7-8H,5-6H2,1-2H3,(H,16,17). The van der Waals surface area contributed by atoms with E-state index in [0.717, 1.165) is 5.69 Å². The summed E-state index contributed by atoms with van der Waals surface area (Å²) in [6.07, 6.45) is 0.0349. The van der Waals surface area contributed by atoms with Gasteiger partial charge in [0.25, 0.3) is 0 Å². The molecule has 0 atom stereocenters. The van der Waals surface area contributed by atoms with Gasteiger partial charge in [-0.3, -0.25) is 4.79 Å². The molecule has 0 aliphatic carbocycles. The molecule has 5 heteroatoms. The van der Waals surface area contributed by atoms with Crippen LogP contribution in [0.15, 0.2) is 18.2 Å². The van der Waals surface area contributed by atoms with Gasteiger partial charge in [0.2, 0.25) is 0 Å². The Kier molecular flexibility index (Phi) is 4.75. The first-order chi connectivity index (χ1) is 7.91. The third kappa shape index (κ3) is 3.89. The summed E-state index contributed by atoms with van der Waals surface area (Å²) < 4.78 is 13.0. The molecule has 1 aromatic rings. The normalized spacial score (nSPS) is 10.6. The predicted molar refractivity (Wildman–Crippen MR) is 66.1 cm³/mol. The van der Waals surface area contributed by atoms with Gasteiger partial charge in [-0.15, -0.1) is 0 Å². The highest BCUT2D eigenvalue weighted by Gasteiger charge is 2.13. The van der Waals surface area contributed by atoms with Crippen LogP contribution in [0.4, 0.5) is 10.1 Å². The van der Waals surface area contributed by atoms with Crippen LogP contribution in [-0.2, 0) is 4.79 Å². The lowest BCUT2D eigenvalue weighted by Crippen LogP contribution is -2.32. The smallest absolute Gasteiger partial charge is 0.305 e. The Hall–Kier alpha value is -1.29. The van der Waals surface area contributed by atoms with E-state index in [4.69, 9.17) is 16.7 Å². The SMILES string of the molecule is CC(C)N(CCC(=O)O)c1ccc(F)c(Cl)c1. The van der Waals surface area contributed by atoms with Crippen LogP contribution < -0.4 is 4.90 Å². The van der Waals surface area contributed by atoms with Crippen molar-refractivity contribution in [2.75, 3.05) is 11.4 Å². The lowest BCUT2D eigenvalue weighted by molar-refractivity contribution is -0.136. The molecule has 1 N–H and O–H groups in total. The van der Waals surface area contributed by atoms with Crippen LogP contribution in [0.5, 0.6) is 0 Å². The van der Waals surface area contributed by atoms with E-state index in [1.165, 1.54) is 12.1 Å². The van der Waals surface area contributed by atoms with Gasteiger partial charge in [-0.2, -0.15) is 0 Å². The molecule has 94 valence electrons. The van der Waals surface area contributed by atoms with Crippen molar-refractivity contribution in [1.29, 1.82) is 0 Å². The summed E-state index contributed by atoms with van der Waals surface area (Å²) in [7, 11) is 0. The average molecular weight is 260 g/mol. The zero-order chi connectivity index (χ0) is 13.0. The number of halogens is 2. The number of hydrogen-bond acceptors (Lipinski definition) is 2. The van der Waals surface area contributed by atoms with E-state index >= 15 is 0 Å². The van der Waals surface area contributed by atoms with Crippen molar-refractivity contribution in [1.82, 2.24) is 0 Å². The number of nitrogens with zero attached hydrogens (tertiary/aromatic N) is 1. The third-order valence-electron chi connectivity index (χ3n) is 2.42. The Morgan fingerprint density at radius 1 is 1.53 bits per heavy atom. The Bertz CT molecular complexity index is 409. The van der Waals surface area contributed by atoms with Crippen molar-refractivity contribution in [3.8, 4) is 0 Å². The Labute approximate surface area is 105 Å². The second-order valence-corrected chi connectivity index (χ2v) is 4.44. The van der Waals surface area contributed by atoms with Crippen LogP contribution in [0, 0.1) is 5.82 Å². The van der Waals surface area contributed by atoms with Crippen LogP contribution in [0.25, 0.3) is 0 Å². The monoisotopic (exact) mass is 259 g/mol. The highest BCUT2D eigenvalue weighted by atomic mass is 35.5. The van der Waals surface area contributed by atoms with Crippen LogP contribution in [0.3, 0.4) is 0 Å². The summed E-state index contributed by atoms with van der Waals surface area (Å²) in [6.45, 7) is 4.26. The lowest BCUT2D eigenvalue weighted by atomic mass is 10.2. The zero-order valence-corrected chi connectivity index (χ0v) is 10.5. The fraction of sp³-hybridized carbons (Fsp3) is 0.417. The Morgan fingerprint density at radius 2 is 2.18 bits per heavy atom. The van der Waals surface area contributed by atoms with Gasteiger partial charge in [0.05, 0.1) is 11.4 Å². The predicted octanol–water partition coefficient (Wildman–Crippen LogP) is 3.17. The van der Waals surface area contributed by atoms with Gasteiger partial charge >= 0.3 is 5.97 Å². The van der Waals surface area contributed by atoms with Crippen molar-refractivity contribution in [3.63, 3.8) is 0 Å². The molecule has 0 spiro atoms. The molecule has 0 heterocycles. The van der Waals surface area contributed by atoms with E-state index in [9.17, 15) is 9.18 Å². The molecule has 0 bridgehead atoms. The van der Waals surface area contributed by atoms with E-state index in [1.807, 2.05) is 18.7 Å². The number of carbonyl (C=O) groups is 1. The van der Waals surface area contributed by atoms with E-state index in [0.29, 0.717) is 6.54 Å². The van der Waals surface area contributed by atoms with Gasteiger partial charge in [0, 0.05) is 18.3 Å². The largest absolute Gasteiger partial charge is 0.481 e. The Morgan fingerprint density at radius 3 is 2.65 bits per heavy atom. The molecule has 0 unspecified atom stereocenters. The third-order valence-corrected chi connectivity index (χ3v) is 2.71. The maximum Gasteiger partial charge on any atom is 0.305 e. The number of benzene rings is 1. The number of rotatable bonds is 5. The van der Waals surface area contributed by atoms with Crippen molar-refractivity contribution in [2.45, 2.75) is 26.3 Å². The summed E-state index contributed by atoms with van der Waals surface area (Å²) >= 11 is 5.71. The summed E-state index contributed by atoms with van der Waals surface area (Å²) in [4.78, 5) is 12.4. The van der Waals surface area contributed by atoms with Crippen molar-refractivity contribution >= 4 is 23.3 Å². The van der Waals surface area contributed by atoms with E-state index in [-0.39, 0.29) is 17.5 Å². The zero-order valence-electron chi connectivity index (χ0n) is 9.78. The summed E-state index contributed by atoms with van der Waals surface area (Å²) in [6, 6.07) is 4.52. The maximum absolute atomic E-state index is 13.0. The number of carboxylic acid groups (broad SMARTS) is 1. The first kappa shape index (κ1) is 13.8. The minimum atomic E-state index is -0.858. The molecule has 0 saturated heterocycles. The van der Waals surface area contributed by atoms with Gasteiger partial charge in [-0.05, 0) is 32.0 Å². The molecular formula is C12H15ClFNO2. The van der Waals surface area contributed by atoms with Crippen molar-refractivity contribution < 1.29 is 14.3 Å². The van der Waals surface area contributed by atoms with Crippen molar-refractivity contribution in [2.24, 2.45) is 0 Å².